The van der Waals surface area contributed by atoms with Crippen molar-refractivity contribution >= 4 is 15.8 Å². The van der Waals surface area contributed by atoms with E-state index >= 15 is 0 Å². The molecule has 1 aromatic rings. The third kappa shape index (κ3) is 4.99. The van der Waals surface area contributed by atoms with Gasteiger partial charge in [-0.25, -0.2) is 8.42 Å². The normalized spacial score (nSPS) is 23.3. The Balaban J connectivity index is 1.57. The lowest BCUT2D eigenvalue weighted by Crippen LogP contribution is -2.54. The van der Waals surface area contributed by atoms with Crippen molar-refractivity contribution < 1.29 is 13.2 Å². The quantitative estimate of drug-likeness (QED) is 0.666. The molecule has 2 heterocycles. The Hall–Kier alpha value is -1.75. The number of rotatable bonds is 8. The van der Waals surface area contributed by atoms with E-state index in [-0.39, 0.29) is 4.90 Å². The topological polar surface area (TPSA) is 81.5 Å². The zero-order valence-electron chi connectivity index (χ0n) is 16.5. The number of likely N-dealkylation sites (tertiary alicyclic amines) is 1. The van der Waals surface area contributed by atoms with E-state index in [1.807, 2.05) is 13.0 Å². The van der Waals surface area contributed by atoms with Crippen LogP contribution in [-0.4, -0.2) is 56.1 Å². The number of hydrogen-bond acceptors (Lipinski definition) is 5. The van der Waals surface area contributed by atoms with Gasteiger partial charge in [0.25, 0.3) is 0 Å². The molecule has 2 saturated heterocycles. The van der Waals surface area contributed by atoms with Crippen molar-refractivity contribution in [1.29, 1.82) is 5.26 Å². The van der Waals surface area contributed by atoms with Crippen LogP contribution in [0.15, 0.2) is 29.2 Å². The van der Waals surface area contributed by atoms with Crippen LogP contribution in [0, 0.1) is 23.2 Å². The van der Waals surface area contributed by atoms with Gasteiger partial charge in [-0.15, -0.1) is 0 Å². The van der Waals surface area contributed by atoms with Gasteiger partial charge in [0.2, 0.25) is 10.0 Å². The van der Waals surface area contributed by atoms with Crippen LogP contribution in [0.25, 0.3) is 0 Å². The Morgan fingerprint density at radius 2 is 1.75 bits per heavy atom. The highest BCUT2D eigenvalue weighted by molar-refractivity contribution is 7.89. The monoisotopic (exact) mass is 403 g/mol. The van der Waals surface area contributed by atoms with E-state index in [2.05, 4.69) is 4.90 Å². The van der Waals surface area contributed by atoms with Crippen LogP contribution in [0.3, 0.4) is 0 Å². The van der Waals surface area contributed by atoms with Gasteiger partial charge < -0.3 is 4.90 Å². The number of piperidine rings is 2. The average Bonchev–Trinajstić information content (AvgIpc) is 2.67. The van der Waals surface area contributed by atoms with Crippen molar-refractivity contribution in [2.75, 3.05) is 32.7 Å². The van der Waals surface area contributed by atoms with Crippen LogP contribution < -0.4 is 0 Å². The Kier molecular flexibility index (Phi) is 6.86. The summed E-state index contributed by atoms with van der Waals surface area (Å²) in [6.07, 6.45) is 4.21. The standard InChI is InChI=1S/C21H29N3O3S/c1-2-4-20(25)5-3-10-23-13-18-11-19(14-23)16-24(15-18)28(26,27)21-8-6-17(12-22)7-9-21/h6-9,18-19H,2-5,10-11,13-16H2,1H3. The van der Waals surface area contributed by atoms with E-state index in [9.17, 15) is 13.2 Å². The Morgan fingerprint density at radius 1 is 1.11 bits per heavy atom. The molecule has 7 heteroatoms. The van der Waals surface area contributed by atoms with Gasteiger partial charge >= 0.3 is 0 Å². The van der Waals surface area contributed by atoms with Crippen LogP contribution in [0.2, 0.25) is 0 Å². The number of nitriles is 1. The molecule has 1 aromatic carbocycles. The SMILES string of the molecule is CCCC(=O)CCCN1CC2CC(C1)CN(S(=O)(=O)c1ccc(C#N)cc1)C2. The molecule has 0 saturated carbocycles. The number of Topliss-reactive ketones (excluding diaryl/α,β-unsaturated/α-hetero) is 1. The maximum absolute atomic E-state index is 13.0. The number of benzene rings is 1. The second-order valence-corrected chi connectivity index (χ2v) is 10.0. The predicted molar refractivity (Wildman–Crippen MR) is 107 cm³/mol. The maximum atomic E-state index is 13.0. The van der Waals surface area contributed by atoms with Crippen molar-refractivity contribution in [3.63, 3.8) is 0 Å². The minimum Gasteiger partial charge on any atom is -0.303 e. The molecule has 0 aliphatic carbocycles. The average molecular weight is 404 g/mol. The van der Waals surface area contributed by atoms with E-state index in [1.165, 1.54) is 12.1 Å². The molecule has 2 aliphatic rings. The molecule has 3 rings (SSSR count). The van der Waals surface area contributed by atoms with Crippen LogP contribution in [0.5, 0.6) is 0 Å². The molecular weight excluding hydrogens is 374 g/mol. The van der Waals surface area contributed by atoms with E-state index in [1.54, 1.807) is 16.4 Å². The fraction of sp³-hybridized carbons (Fsp3) is 0.619. The summed E-state index contributed by atoms with van der Waals surface area (Å²) in [5.74, 6) is 1.03. The van der Waals surface area contributed by atoms with E-state index < -0.39 is 10.0 Å². The largest absolute Gasteiger partial charge is 0.303 e. The number of ketones is 1. The Bertz CT molecular complexity index is 815. The van der Waals surface area contributed by atoms with Gasteiger partial charge in [-0.1, -0.05) is 6.92 Å². The summed E-state index contributed by atoms with van der Waals surface area (Å²) in [6, 6.07) is 8.18. The first-order valence-corrected chi connectivity index (χ1v) is 11.6. The van der Waals surface area contributed by atoms with E-state index in [0.717, 1.165) is 38.9 Å². The first-order valence-electron chi connectivity index (χ1n) is 10.2. The van der Waals surface area contributed by atoms with Gasteiger partial charge in [0, 0.05) is 39.0 Å². The molecule has 2 atom stereocenters. The molecule has 2 fully saturated rings. The van der Waals surface area contributed by atoms with Gasteiger partial charge in [-0.3, -0.25) is 4.79 Å². The first kappa shape index (κ1) is 21.0. The maximum Gasteiger partial charge on any atom is 0.243 e. The summed E-state index contributed by atoms with van der Waals surface area (Å²) in [5, 5.41) is 8.90. The number of sulfonamides is 1. The smallest absolute Gasteiger partial charge is 0.243 e. The minimum atomic E-state index is -3.52. The van der Waals surface area contributed by atoms with Gasteiger partial charge in [0.15, 0.2) is 0 Å². The number of hydrogen-bond donors (Lipinski definition) is 0. The highest BCUT2D eigenvalue weighted by Gasteiger charge is 2.38. The lowest BCUT2D eigenvalue weighted by atomic mass is 9.85. The number of fused-ring (bicyclic) bond motifs is 2. The fourth-order valence-electron chi connectivity index (χ4n) is 4.47. The molecule has 0 N–H and O–H groups in total. The van der Waals surface area contributed by atoms with Crippen molar-refractivity contribution in [2.24, 2.45) is 11.8 Å². The van der Waals surface area contributed by atoms with E-state index in [4.69, 9.17) is 5.26 Å². The molecule has 2 bridgehead atoms. The van der Waals surface area contributed by atoms with Gasteiger partial charge in [0.05, 0.1) is 16.5 Å². The molecular formula is C21H29N3O3S. The highest BCUT2D eigenvalue weighted by Crippen LogP contribution is 2.32. The number of carbonyl (C=O) groups excluding carboxylic acids is 1. The molecule has 2 unspecified atom stereocenters. The Morgan fingerprint density at radius 3 is 2.32 bits per heavy atom. The predicted octanol–water partition coefficient (Wildman–Crippen LogP) is 2.65. The summed E-state index contributed by atoms with van der Waals surface area (Å²) in [5.41, 5.74) is 0.461. The molecule has 152 valence electrons. The zero-order chi connectivity index (χ0) is 20.1. The molecule has 6 nitrogen and oxygen atoms in total. The van der Waals surface area contributed by atoms with E-state index in [0.29, 0.717) is 49.1 Å². The van der Waals surface area contributed by atoms with Gasteiger partial charge in [-0.2, -0.15) is 9.57 Å². The second-order valence-electron chi connectivity index (χ2n) is 8.08. The van der Waals surface area contributed by atoms with Crippen LogP contribution in [0.1, 0.15) is 44.6 Å². The summed E-state index contributed by atoms with van der Waals surface area (Å²) >= 11 is 0. The zero-order valence-corrected chi connectivity index (χ0v) is 17.3. The van der Waals surface area contributed by atoms with Crippen LogP contribution in [0.4, 0.5) is 0 Å². The summed E-state index contributed by atoms with van der Waals surface area (Å²) in [4.78, 5) is 14.4. The molecule has 0 radical (unpaired) electrons. The van der Waals surface area contributed by atoms with Crippen molar-refractivity contribution in [1.82, 2.24) is 9.21 Å². The number of carbonyl (C=O) groups is 1. The van der Waals surface area contributed by atoms with Gasteiger partial charge in [-0.05, 0) is 61.9 Å². The summed E-state index contributed by atoms with van der Waals surface area (Å²) < 4.78 is 27.6. The van der Waals surface area contributed by atoms with Gasteiger partial charge in [0.1, 0.15) is 5.78 Å². The summed E-state index contributed by atoms with van der Waals surface area (Å²) in [6.45, 7) is 5.84. The molecule has 0 spiro atoms. The molecule has 2 aliphatic heterocycles. The summed E-state index contributed by atoms with van der Waals surface area (Å²) in [7, 11) is -3.52. The second kappa shape index (κ2) is 9.17. The molecule has 28 heavy (non-hydrogen) atoms. The van der Waals surface area contributed by atoms with Crippen molar-refractivity contribution in [3.05, 3.63) is 29.8 Å². The third-order valence-electron chi connectivity index (χ3n) is 5.70. The lowest BCUT2D eigenvalue weighted by molar-refractivity contribution is -0.119. The highest BCUT2D eigenvalue weighted by atomic mass is 32.2. The Labute approximate surface area is 168 Å². The number of nitrogens with zero attached hydrogens (tertiary/aromatic N) is 3. The van der Waals surface area contributed by atoms with Crippen molar-refractivity contribution in [3.8, 4) is 6.07 Å². The first-order chi connectivity index (χ1) is 13.4. The lowest BCUT2D eigenvalue weighted by Gasteiger charge is -2.45. The molecule has 0 aromatic heterocycles. The fourth-order valence-corrected chi connectivity index (χ4v) is 6.07. The molecule has 0 amide bonds. The van der Waals surface area contributed by atoms with Crippen LogP contribution >= 0.6 is 0 Å². The minimum absolute atomic E-state index is 0.262. The van der Waals surface area contributed by atoms with Crippen LogP contribution in [-0.2, 0) is 14.8 Å². The van der Waals surface area contributed by atoms with Crippen molar-refractivity contribution in [2.45, 2.75) is 43.9 Å². The third-order valence-corrected chi connectivity index (χ3v) is 7.55.